The number of ether oxygens (including phenoxy) is 1. The van der Waals surface area contributed by atoms with Gasteiger partial charge in [-0.1, -0.05) is 22.0 Å². The van der Waals surface area contributed by atoms with Crippen molar-refractivity contribution in [1.29, 1.82) is 0 Å². The van der Waals surface area contributed by atoms with Gasteiger partial charge in [0.25, 0.3) is 5.91 Å². The first-order valence-electron chi connectivity index (χ1n) is 7.57. The van der Waals surface area contributed by atoms with E-state index in [1.807, 2.05) is 18.2 Å². The van der Waals surface area contributed by atoms with Crippen molar-refractivity contribution in [3.63, 3.8) is 0 Å². The first-order valence-corrected chi connectivity index (χ1v) is 8.37. The molecule has 1 aliphatic rings. The van der Waals surface area contributed by atoms with Gasteiger partial charge >= 0.3 is 0 Å². The highest BCUT2D eigenvalue weighted by atomic mass is 79.9. The second-order valence-corrected chi connectivity index (χ2v) is 6.57. The van der Waals surface area contributed by atoms with Crippen molar-refractivity contribution < 1.29 is 14.3 Å². The van der Waals surface area contributed by atoms with Crippen LogP contribution in [0.2, 0.25) is 0 Å². The van der Waals surface area contributed by atoms with Crippen LogP contribution in [0.1, 0.15) is 5.56 Å². The van der Waals surface area contributed by atoms with Gasteiger partial charge < -0.3 is 15.4 Å². The zero-order chi connectivity index (χ0) is 17.4. The van der Waals surface area contributed by atoms with E-state index < -0.39 is 0 Å². The Balaban J connectivity index is 1.49. The molecule has 1 aliphatic heterocycles. The van der Waals surface area contributed by atoms with Crippen molar-refractivity contribution in [2.75, 3.05) is 17.2 Å². The first-order chi connectivity index (χ1) is 12.1. The number of carbonyl (C=O) groups is 2. The number of halogens is 1. The maximum Gasteiger partial charge on any atom is 0.262 e. The minimum Gasteiger partial charge on any atom is -0.482 e. The summed E-state index contributed by atoms with van der Waals surface area (Å²) in [4.78, 5) is 23.6. The second kappa shape index (κ2) is 6.21. The van der Waals surface area contributed by atoms with Gasteiger partial charge in [-0.2, -0.15) is 5.10 Å². The van der Waals surface area contributed by atoms with Crippen LogP contribution >= 0.6 is 15.9 Å². The fourth-order valence-corrected chi connectivity index (χ4v) is 3.04. The average molecular weight is 401 g/mol. The zero-order valence-corrected chi connectivity index (χ0v) is 14.5. The summed E-state index contributed by atoms with van der Waals surface area (Å²) in [6.45, 7) is -0.0164. The van der Waals surface area contributed by atoms with Crippen LogP contribution in [0.15, 0.2) is 40.9 Å². The maximum atomic E-state index is 12.3. The van der Waals surface area contributed by atoms with Gasteiger partial charge in [0, 0.05) is 9.86 Å². The van der Waals surface area contributed by atoms with Gasteiger partial charge in [-0.15, -0.1) is 0 Å². The molecule has 0 fully saturated rings. The number of benzene rings is 2. The molecule has 0 aliphatic carbocycles. The van der Waals surface area contributed by atoms with Crippen molar-refractivity contribution >= 4 is 50.2 Å². The van der Waals surface area contributed by atoms with Crippen LogP contribution in [-0.4, -0.2) is 28.6 Å². The molecule has 0 unspecified atom stereocenters. The molecular weight excluding hydrogens is 388 g/mol. The van der Waals surface area contributed by atoms with Gasteiger partial charge in [0.1, 0.15) is 5.75 Å². The Hall–Kier alpha value is -2.87. The minimum absolute atomic E-state index is 0.0164. The van der Waals surface area contributed by atoms with Crippen molar-refractivity contribution in [3.05, 3.63) is 46.4 Å². The molecule has 0 saturated carbocycles. The predicted molar refractivity (Wildman–Crippen MR) is 96.7 cm³/mol. The van der Waals surface area contributed by atoms with E-state index in [1.54, 1.807) is 18.2 Å². The molecule has 2 heterocycles. The molecule has 25 heavy (non-hydrogen) atoms. The summed E-state index contributed by atoms with van der Waals surface area (Å²) in [6, 6.07) is 10.9. The van der Waals surface area contributed by atoms with Gasteiger partial charge in [-0.3, -0.25) is 14.7 Å². The summed E-state index contributed by atoms with van der Waals surface area (Å²) in [7, 11) is 0. The molecule has 2 aromatic carbocycles. The smallest absolute Gasteiger partial charge is 0.262 e. The molecule has 0 atom stereocenters. The number of nitrogens with one attached hydrogen (secondary N) is 3. The van der Waals surface area contributed by atoms with Gasteiger partial charge in [-0.25, -0.2) is 0 Å². The SMILES string of the molecule is O=C1COc2cc(CC(=O)Nc3n[nH]c4cc(Br)ccc34)ccc2N1. The molecule has 126 valence electrons. The van der Waals surface area contributed by atoms with Crippen molar-refractivity contribution in [2.24, 2.45) is 0 Å². The Bertz CT molecular complexity index is 999. The molecule has 2 amide bonds. The number of anilines is 2. The fraction of sp³-hybridized carbons (Fsp3) is 0.118. The van der Waals surface area contributed by atoms with Crippen LogP contribution in [0.3, 0.4) is 0 Å². The maximum absolute atomic E-state index is 12.3. The van der Waals surface area contributed by atoms with E-state index >= 15 is 0 Å². The summed E-state index contributed by atoms with van der Waals surface area (Å²) < 4.78 is 6.30. The van der Waals surface area contributed by atoms with E-state index in [1.165, 1.54) is 0 Å². The van der Waals surface area contributed by atoms with E-state index in [9.17, 15) is 9.59 Å². The third-order valence-electron chi connectivity index (χ3n) is 3.83. The van der Waals surface area contributed by atoms with Crippen LogP contribution in [0.5, 0.6) is 5.75 Å². The summed E-state index contributed by atoms with van der Waals surface area (Å²) >= 11 is 3.40. The number of rotatable bonds is 3. The molecule has 0 saturated heterocycles. The standard InChI is InChI=1S/C17H13BrN4O3/c18-10-2-3-11-13(7-10)21-22-17(11)20-15(23)6-9-1-4-12-14(5-9)25-8-16(24)19-12/h1-5,7H,6,8H2,(H,19,24)(H2,20,21,22,23). The first kappa shape index (κ1) is 15.6. The predicted octanol–water partition coefficient (Wildman–Crippen LogP) is 2.84. The number of hydrogen-bond donors (Lipinski definition) is 3. The number of fused-ring (bicyclic) bond motifs is 2. The Kier molecular flexibility index (Phi) is 3.89. The number of aromatic nitrogens is 2. The number of H-pyrrole nitrogens is 1. The van der Waals surface area contributed by atoms with Crippen LogP contribution < -0.4 is 15.4 Å². The highest BCUT2D eigenvalue weighted by Crippen LogP contribution is 2.29. The van der Waals surface area contributed by atoms with Crippen molar-refractivity contribution in [2.45, 2.75) is 6.42 Å². The van der Waals surface area contributed by atoms with Crippen LogP contribution in [0.4, 0.5) is 11.5 Å². The third-order valence-corrected chi connectivity index (χ3v) is 4.32. The average Bonchev–Trinajstić information content (AvgIpc) is 2.96. The number of aromatic amines is 1. The van der Waals surface area contributed by atoms with E-state index in [-0.39, 0.29) is 24.8 Å². The summed E-state index contributed by atoms with van der Waals surface area (Å²) in [5.41, 5.74) is 2.24. The highest BCUT2D eigenvalue weighted by molar-refractivity contribution is 9.10. The Morgan fingerprint density at radius 3 is 3.04 bits per heavy atom. The molecule has 0 radical (unpaired) electrons. The quantitative estimate of drug-likeness (QED) is 0.629. The second-order valence-electron chi connectivity index (χ2n) is 5.65. The monoisotopic (exact) mass is 400 g/mol. The molecule has 3 N–H and O–H groups in total. The molecule has 3 aromatic rings. The summed E-state index contributed by atoms with van der Waals surface area (Å²) in [6.07, 6.45) is 0.176. The molecule has 8 heteroatoms. The molecule has 4 rings (SSSR count). The zero-order valence-electron chi connectivity index (χ0n) is 12.9. The molecule has 0 bridgehead atoms. The topological polar surface area (TPSA) is 96.1 Å². The van der Waals surface area contributed by atoms with Gasteiger partial charge in [0.05, 0.1) is 17.6 Å². The van der Waals surface area contributed by atoms with E-state index in [0.29, 0.717) is 17.3 Å². The van der Waals surface area contributed by atoms with E-state index in [0.717, 1.165) is 20.9 Å². The van der Waals surface area contributed by atoms with E-state index in [2.05, 4.69) is 36.8 Å². The Morgan fingerprint density at radius 1 is 1.28 bits per heavy atom. The van der Waals surface area contributed by atoms with Gasteiger partial charge in [0.2, 0.25) is 5.91 Å². The highest BCUT2D eigenvalue weighted by Gasteiger charge is 2.17. The lowest BCUT2D eigenvalue weighted by molar-refractivity contribution is -0.118. The lowest BCUT2D eigenvalue weighted by Crippen LogP contribution is -2.25. The lowest BCUT2D eigenvalue weighted by atomic mass is 10.1. The number of hydrogen-bond acceptors (Lipinski definition) is 4. The normalized spacial score (nSPS) is 13.1. The molecular formula is C17H13BrN4O3. The van der Waals surface area contributed by atoms with Crippen molar-refractivity contribution in [1.82, 2.24) is 10.2 Å². The molecule has 0 spiro atoms. The minimum atomic E-state index is -0.185. The van der Waals surface area contributed by atoms with Gasteiger partial charge in [0.15, 0.2) is 12.4 Å². The van der Waals surface area contributed by atoms with Gasteiger partial charge in [-0.05, 0) is 35.9 Å². The van der Waals surface area contributed by atoms with Crippen LogP contribution in [0.25, 0.3) is 10.9 Å². The van der Waals surface area contributed by atoms with Crippen molar-refractivity contribution in [3.8, 4) is 5.75 Å². The lowest BCUT2D eigenvalue weighted by Gasteiger charge is -2.18. The molecule has 7 nitrogen and oxygen atoms in total. The Morgan fingerprint density at radius 2 is 2.16 bits per heavy atom. The summed E-state index contributed by atoms with van der Waals surface area (Å²) in [5, 5.41) is 13.4. The fourth-order valence-electron chi connectivity index (χ4n) is 2.68. The van der Waals surface area contributed by atoms with Crippen LogP contribution in [-0.2, 0) is 16.0 Å². The molecule has 1 aromatic heterocycles. The number of nitrogens with zero attached hydrogens (tertiary/aromatic N) is 1. The Labute approximate surface area is 150 Å². The van der Waals surface area contributed by atoms with E-state index in [4.69, 9.17) is 4.74 Å². The number of carbonyl (C=O) groups excluding carboxylic acids is 2. The largest absolute Gasteiger partial charge is 0.482 e. The summed E-state index contributed by atoms with van der Waals surface area (Å²) in [5.74, 6) is 0.695. The van der Waals surface area contributed by atoms with Crippen LogP contribution in [0, 0.1) is 0 Å². The third kappa shape index (κ3) is 3.20. The number of amides is 2.